The Morgan fingerprint density at radius 1 is 0.400 bits per heavy atom. The Bertz CT molecular complexity index is 2370. The lowest BCUT2D eigenvalue weighted by atomic mass is 9.84. The van der Waals surface area contributed by atoms with Crippen molar-refractivity contribution in [3.05, 3.63) is 134 Å². The van der Waals surface area contributed by atoms with Crippen LogP contribution in [0.4, 0.5) is 0 Å². The SMILES string of the molecule is c1ccc2c(-c3c4ccccc4c(-c4cc5ccoc5c5c4oc4ccccc45)c4ccccc34)cccc2c1. The molecule has 2 heterocycles. The van der Waals surface area contributed by atoms with Crippen LogP contribution in [0.1, 0.15) is 0 Å². The van der Waals surface area contributed by atoms with Gasteiger partial charge in [-0.2, -0.15) is 0 Å². The lowest BCUT2D eigenvalue weighted by molar-refractivity contribution is 0.618. The van der Waals surface area contributed by atoms with Crippen molar-refractivity contribution in [2.45, 2.75) is 0 Å². The average Bonchev–Trinajstić information content (AvgIpc) is 3.64. The zero-order valence-electron chi connectivity index (χ0n) is 21.5. The van der Waals surface area contributed by atoms with E-state index in [1.165, 1.54) is 49.0 Å². The molecule has 0 aliphatic heterocycles. The van der Waals surface area contributed by atoms with Gasteiger partial charge in [0.25, 0.3) is 0 Å². The molecule has 0 bridgehead atoms. The van der Waals surface area contributed by atoms with Crippen molar-refractivity contribution in [1.29, 1.82) is 0 Å². The van der Waals surface area contributed by atoms with E-state index >= 15 is 0 Å². The maximum absolute atomic E-state index is 6.63. The summed E-state index contributed by atoms with van der Waals surface area (Å²) in [6, 6.07) is 45.4. The molecule has 0 radical (unpaired) electrons. The number of hydrogen-bond donors (Lipinski definition) is 0. The third-order valence-electron chi connectivity index (χ3n) is 8.32. The van der Waals surface area contributed by atoms with Crippen molar-refractivity contribution < 1.29 is 8.83 Å². The molecule has 2 heteroatoms. The predicted octanol–water partition coefficient (Wildman–Crippen LogP) is 11.1. The first-order valence-electron chi connectivity index (χ1n) is 13.6. The first-order chi connectivity index (χ1) is 19.9. The Balaban J connectivity index is 1.50. The van der Waals surface area contributed by atoms with E-state index in [9.17, 15) is 0 Å². The maximum atomic E-state index is 6.63. The van der Waals surface area contributed by atoms with E-state index < -0.39 is 0 Å². The largest absolute Gasteiger partial charge is 0.464 e. The van der Waals surface area contributed by atoms with Crippen LogP contribution < -0.4 is 0 Å². The molecule has 0 unspecified atom stereocenters. The lowest BCUT2D eigenvalue weighted by Gasteiger charge is -2.19. The summed E-state index contributed by atoms with van der Waals surface area (Å²) in [5, 5.41) is 10.5. The standard InChI is InChI=1S/C38H22O2/c1-2-12-25-23(10-1)11-9-18-26(25)34-27-13-3-5-15-29(27)35(30-16-6-4-14-28(30)34)32-22-24-20-21-39-37(24)36-31-17-7-8-19-33(31)40-38(32)36/h1-22H. The van der Waals surface area contributed by atoms with Crippen LogP contribution >= 0.6 is 0 Å². The lowest BCUT2D eigenvalue weighted by Crippen LogP contribution is -1.92. The Kier molecular flexibility index (Phi) is 4.36. The highest BCUT2D eigenvalue weighted by atomic mass is 16.3. The van der Waals surface area contributed by atoms with Crippen LogP contribution in [0.15, 0.2) is 142 Å². The molecular formula is C38H22O2. The number of rotatable bonds is 2. The molecule has 7 aromatic carbocycles. The topological polar surface area (TPSA) is 26.3 Å². The summed E-state index contributed by atoms with van der Waals surface area (Å²) in [7, 11) is 0. The molecule has 186 valence electrons. The van der Waals surface area contributed by atoms with Crippen molar-refractivity contribution in [3.63, 3.8) is 0 Å². The molecule has 0 spiro atoms. The fraction of sp³-hybridized carbons (Fsp3) is 0. The van der Waals surface area contributed by atoms with Crippen molar-refractivity contribution >= 4 is 65.2 Å². The van der Waals surface area contributed by atoms with Gasteiger partial charge in [0.15, 0.2) is 0 Å². The zero-order chi connectivity index (χ0) is 26.2. The van der Waals surface area contributed by atoms with Crippen molar-refractivity contribution in [2.24, 2.45) is 0 Å². The molecule has 0 saturated heterocycles. The summed E-state index contributed by atoms with van der Waals surface area (Å²) in [6.45, 7) is 0. The van der Waals surface area contributed by atoms with Gasteiger partial charge in [0.2, 0.25) is 0 Å². The van der Waals surface area contributed by atoms with Crippen molar-refractivity contribution in [2.75, 3.05) is 0 Å². The Morgan fingerprint density at radius 2 is 0.975 bits per heavy atom. The van der Waals surface area contributed by atoms with Gasteiger partial charge in [-0.05, 0) is 61.6 Å². The highest BCUT2D eigenvalue weighted by molar-refractivity contribution is 6.28. The fourth-order valence-electron chi connectivity index (χ4n) is 6.66. The van der Waals surface area contributed by atoms with E-state index in [0.717, 1.165) is 38.5 Å². The summed E-state index contributed by atoms with van der Waals surface area (Å²) in [4.78, 5) is 0. The number of para-hydroxylation sites is 1. The number of fused-ring (bicyclic) bond motifs is 8. The minimum atomic E-state index is 0.858. The van der Waals surface area contributed by atoms with Crippen LogP contribution in [0, 0.1) is 0 Å². The second kappa shape index (κ2) is 8.08. The number of hydrogen-bond acceptors (Lipinski definition) is 2. The molecule has 9 aromatic rings. The minimum Gasteiger partial charge on any atom is -0.464 e. The van der Waals surface area contributed by atoms with Crippen LogP contribution in [0.3, 0.4) is 0 Å². The highest BCUT2D eigenvalue weighted by Crippen LogP contribution is 2.49. The van der Waals surface area contributed by atoms with Crippen molar-refractivity contribution in [1.82, 2.24) is 0 Å². The molecule has 0 atom stereocenters. The van der Waals surface area contributed by atoms with E-state index in [2.05, 4.69) is 115 Å². The third-order valence-corrected chi connectivity index (χ3v) is 8.32. The van der Waals surface area contributed by atoms with Crippen LogP contribution in [-0.4, -0.2) is 0 Å². The maximum Gasteiger partial charge on any atom is 0.147 e. The van der Waals surface area contributed by atoms with Crippen LogP contribution in [0.5, 0.6) is 0 Å². The molecule has 40 heavy (non-hydrogen) atoms. The van der Waals surface area contributed by atoms with E-state index in [1.807, 2.05) is 12.1 Å². The molecule has 0 aliphatic carbocycles. The monoisotopic (exact) mass is 510 g/mol. The molecule has 0 amide bonds. The van der Waals surface area contributed by atoms with Gasteiger partial charge in [0.1, 0.15) is 16.7 Å². The zero-order valence-corrected chi connectivity index (χ0v) is 21.5. The molecule has 0 fully saturated rings. The van der Waals surface area contributed by atoms with Gasteiger partial charge < -0.3 is 8.83 Å². The van der Waals surface area contributed by atoms with E-state index in [0.29, 0.717) is 0 Å². The average molecular weight is 511 g/mol. The Hall–Kier alpha value is -5.34. The van der Waals surface area contributed by atoms with E-state index in [-0.39, 0.29) is 0 Å². The minimum absolute atomic E-state index is 0.858. The summed E-state index contributed by atoms with van der Waals surface area (Å²) in [6.07, 6.45) is 1.77. The second-order valence-electron chi connectivity index (χ2n) is 10.4. The van der Waals surface area contributed by atoms with Gasteiger partial charge in [-0.1, -0.05) is 109 Å². The van der Waals surface area contributed by atoms with Gasteiger partial charge in [0, 0.05) is 21.9 Å². The fourth-order valence-corrected chi connectivity index (χ4v) is 6.66. The molecule has 0 aliphatic rings. The summed E-state index contributed by atoms with van der Waals surface area (Å²) in [5.74, 6) is 0. The first-order valence-corrected chi connectivity index (χ1v) is 13.6. The highest BCUT2D eigenvalue weighted by Gasteiger charge is 2.23. The smallest absolute Gasteiger partial charge is 0.147 e. The molecular weight excluding hydrogens is 488 g/mol. The molecule has 9 rings (SSSR count). The number of benzene rings is 7. The molecule has 0 saturated carbocycles. The Labute approximate surface area is 229 Å². The molecule has 0 N–H and O–H groups in total. The van der Waals surface area contributed by atoms with Crippen LogP contribution in [0.25, 0.3) is 87.5 Å². The summed E-state index contributed by atoms with van der Waals surface area (Å²) in [5.41, 5.74) is 7.36. The van der Waals surface area contributed by atoms with Crippen LogP contribution in [0.2, 0.25) is 0 Å². The normalized spacial score (nSPS) is 12.0. The summed E-state index contributed by atoms with van der Waals surface area (Å²) < 4.78 is 12.6. The molecule has 2 nitrogen and oxygen atoms in total. The van der Waals surface area contributed by atoms with E-state index in [1.54, 1.807) is 6.26 Å². The third kappa shape index (κ3) is 2.88. The van der Waals surface area contributed by atoms with E-state index in [4.69, 9.17) is 8.83 Å². The van der Waals surface area contributed by atoms with Crippen molar-refractivity contribution in [3.8, 4) is 22.3 Å². The van der Waals surface area contributed by atoms with Gasteiger partial charge in [-0.15, -0.1) is 0 Å². The quantitative estimate of drug-likeness (QED) is 0.216. The predicted molar refractivity (Wildman–Crippen MR) is 167 cm³/mol. The van der Waals surface area contributed by atoms with Gasteiger partial charge in [-0.25, -0.2) is 0 Å². The van der Waals surface area contributed by atoms with Gasteiger partial charge in [-0.3, -0.25) is 0 Å². The van der Waals surface area contributed by atoms with Crippen LogP contribution in [-0.2, 0) is 0 Å². The first kappa shape index (κ1) is 21.6. The second-order valence-corrected chi connectivity index (χ2v) is 10.4. The molecule has 2 aromatic heterocycles. The Morgan fingerprint density at radius 3 is 1.70 bits per heavy atom. The van der Waals surface area contributed by atoms with Gasteiger partial charge in [0.05, 0.1) is 11.6 Å². The number of furan rings is 2. The van der Waals surface area contributed by atoms with Gasteiger partial charge >= 0.3 is 0 Å². The summed E-state index contributed by atoms with van der Waals surface area (Å²) >= 11 is 0.